The van der Waals surface area contributed by atoms with Crippen LogP contribution < -0.4 is 10.2 Å². The number of furan rings is 1. The van der Waals surface area contributed by atoms with E-state index in [0.29, 0.717) is 5.76 Å². The zero-order valence-electron chi connectivity index (χ0n) is 18.6. The van der Waals surface area contributed by atoms with Crippen LogP contribution in [0, 0.1) is 27.7 Å². The third-order valence-electron chi connectivity index (χ3n) is 6.33. The molecule has 1 N–H and O–H groups in total. The Hall–Kier alpha value is -2.79. The van der Waals surface area contributed by atoms with Crippen LogP contribution in [0.25, 0.3) is 11.0 Å². The fourth-order valence-corrected chi connectivity index (χ4v) is 4.38. The van der Waals surface area contributed by atoms with Gasteiger partial charge >= 0.3 is 0 Å². The minimum absolute atomic E-state index is 0.199. The average Bonchev–Trinajstić information content (AvgIpc) is 3.11. The first kappa shape index (κ1) is 20.5. The lowest BCUT2D eigenvalue weighted by Gasteiger charge is -2.35. The van der Waals surface area contributed by atoms with Gasteiger partial charge in [0.25, 0.3) is 5.91 Å². The Morgan fingerprint density at radius 2 is 1.67 bits per heavy atom. The third-order valence-corrected chi connectivity index (χ3v) is 6.33. The summed E-state index contributed by atoms with van der Waals surface area (Å²) in [5.41, 5.74) is 6.96. The number of benzene rings is 2. The summed E-state index contributed by atoms with van der Waals surface area (Å²) in [6, 6.07) is 10.4. The molecule has 1 fully saturated rings. The van der Waals surface area contributed by atoms with E-state index in [-0.39, 0.29) is 5.91 Å². The van der Waals surface area contributed by atoms with Crippen molar-refractivity contribution >= 4 is 28.3 Å². The zero-order chi connectivity index (χ0) is 21.4. The summed E-state index contributed by atoms with van der Waals surface area (Å²) in [5, 5.41) is 4.09. The van der Waals surface area contributed by atoms with Crippen molar-refractivity contribution < 1.29 is 9.21 Å². The van der Waals surface area contributed by atoms with E-state index in [1.807, 2.05) is 32.9 Å². The summed E-state index contributed by atoms with van der Waals surface area (Å²) in [4.78, 5) is 17.9. The minimum atomic E-state index is -0.199. The number of piperazine rings is 1. The number of carbonyl (C=O) groups excluding carboxylic acids is 1. The molecule has 5 heteroatoms. The lowest BCUT2D eigenvalue weighted by atomic mass is 10.0. The van der Waals surface area contributed by atoms with Gasteiger partial charge in [0.1, 0.15) is 5.58 Å². The van der Waals surface area contributed by atoms with Gasteiger partial charge in [-0.25, -0.2) is 0 Å². The smallest absolute Gasteiger partial charge is 0.291 e. The molecule has 0 saturated carbocycles. The predicted molar refractivity (Wildman–Crippen MR) is 124 cm³/mol. The van der Waals surface area contributed by atoms with Crippen LogP contribution in [0.2, 0.25) is 0 Å². The number of amides is 1. The SMILES string of the molecule is CCN1CCN(c2ccc(NC(=O)c3oc4c(C)ccc(C)c4c3C)c(C)c2)CC1. The number of anilines is 2. The van der Waals surface area contributed by atoms with Crippen LogP contribution in [0.4, 0.5) is 11.4 Å². The first-order valence-electron chi connectivity index (χ1n) is 10.8. The van der Waals surface area contributed by atoms with Crippen molar-refractivity contribution in [1.82, 2.24) is 4.90 Å². The molecule has 0 aliphatic carbocycles. The van der Waals surface area contributed by atoms with E-state index in [0.717, 1.165) is 71.6 Å². The molecule has 1 saturated heterocycles. The summed E-state index contributed by atoms with van der Waals surface area (Å²) in [6.45, 7) is 15.6. The van der Waals surface area contributed by atoms with Crippen molar-refractivity contribution in [3.8, 4) is 0 Å². The summed E-state index contributed by atoms with van der Waals surface area (Å²) in [6.07, 6.45) is 0. The molecule has 1 aliphatic heterocycles. The Kier molecular flexibility index (Phi) is 5.56. The van der Waals surface area contributed by atoms with E-state index >= 15 is 0 Å². The molecule has 1 aliphatic rings. The van der Waals surface area contributed by atoms with E-state index in [4.69, 9.17) is 4.42 Å². The topological polar surface area (TPSA) is 48.7 Å². The molecule has 0 unspecified atom stereocenters. The maximum absolute atomic E-state index is 13.0. The largest absolute Gasteiger partial charge is 0.450 e. The monoisotopic (exact) mass is 405 g/mol. The summed E-state index contributed by atoms with van der Waals surface area (Å²) >= 11 is 0. The van der Waals surface area contributed by atoms with Gasteiger partial charge in [-0.1, -0.05) is 19.1 Å². The molecular weight excluding hydrogens is 374 g/mol. The quantitative estimate of drug-likeness (QED) is 0.659. The third kappa shape index (κ3) is 3.70. The fourth-order valence-electron chi connectivity index (χ4n) is 4.38. The van der Waals surface area contributed by atoms with E-state index in [1.54, 1.807) is 0 Å². The van der Waals surface area contributed by atoms with Gasteiger partial charge in [0.2, 0.25) is 0 Å². The molecule has 30 heavy (non-hydrogen) atoms. The molecule has 2 aromatic carbocycles. The van der Waals surface area contributed by atoms with Gasteiger partial charge in [-0.05, 0) is 69.1 Å². The van der Waals surface area contributed by atoms with Crippen LogP contribution in [0.5, 0.6) is 0 Å². The molecule has 2 heterocycles. The number of carbonyl (C=O) groups is 1. The molecule has 5 nitrogen and oxygen atoms in total. The van der Waals surface area contributed by atoms with Crippen molar-refractivity contribution in [3.63, 3.8) is 0 Å². The highest BCUT2D eigenvalue weighted by Gasteiger charge is 2.21. The maximum Gasteiger partial charge on any atom is 0.291 e. The van der Waals surface area contributed by atoms with E-state index in [1.165, 1.54) is 5.69 Å². The molecule has 0 radical (unpaired) electrons. The number of likely N-dealkylation sites (N-methyl/N-ethyl adjacent to an activating group) is 1. The van der Waals surface area contributed by atoms with Gasteiger partial charge in [0, 0.05) is 48.5 Å². The van der Waals surface area contributed by atoms with Crippen LogP contribution in [0.3, 0.4) is 0 Å². The molecule has 0 spiro atoms. The van der Waals surface area contributed by atoms with Gasteiger partial charge in [-0.15, -0.1) is 0 Å². The first-order valence-corrected chi connectivity index (χ1v) is 10.8. The molecule has 0 atom stereocenters. The maximum atomic E-state index is 13.0. The number of hydrogen-bond acceptors (Lipinski definition) is 4. The van der Waals surface area contributed by atoms with Crippen LogP contribution >= 0.6 is 0 Å². The fraction of sp³-hybridized carbons (Fsp3) is 0.400. The molecule has 3 aromatic rings. The van der Waals surface area contributed by atoms with Crippen LogP contribution in [0.1, 0.15) is 39.7 Å². The van der Waals surface area contributed by atoms with Gasteiger partial charge in [0.15, 0.2) is 5.76 Å². The zero-order valence-corrected chi connectivity index (χ0v) is 18.6. The van der Waals surface area contributed by atoms with Crippen molar-refractivity contribution in [3.05, 3.63) is 58.3 Å². The number of rotatable bonds is 4. The Morgan fingerprint density at radius 1 is 0.967 bits per heavy atom. The second-order valence-corrected chi connectivity index (χ2v) is 8.33. The van der Waals surface area contributed by atoms with Crippen LogP contribution in [-0.2, 0) is 0 Å². The second-order valence-electron chi connectivity index (χ2n) is 8.33. The molecule has 0 bridgehead atoms. The van der Waals surface area contributed by atoms with Gasteiger partial charge in [-0.3, -0.25) is 4.79 Å². The Balaban J connectivity index is 1.54. The van der Waals surface area contributed by atoms with Crippen molar-refractivity contribution in [2.75, 3.05) is 42.9 Å². The highest BCUT2D eigenvalue weighted by atomic mass is 16.3. The summed E-state index contributed by atoms with van der Waals surface area (Å²) in [7, 11) is 0. The molecular formula is C25H31N3O2. The Bertz CT molecular complexity index is 1090. The molecule has 1 aromatic heterocycles. The normalized spacial score (nSPS) is 15.0. The molecule has 1 amide bonds. The lowest BCUT2D eigenvalue weighted by Crippen LogP contribution is -2.46. The van der Waals surface area contributed by atoms with Crippen molar-refractivity contribution in [2.24, 2.45) is 0 Å². The van der Waals surface area contributed by atoms with E-state index in [9.17, 15) is 4.79 Å². The van der Waals surface area contributed by atoms with Gasteiger partial charge in [-0.2, -0.15) is 0 Å². The Labute approximate surface area is 178 Å². The van der Waals surface area contributed by atoms with Crippen molar-refractivity contribution in [1.29, 1.82) is 0 Å². The van der Waals surface area contributed by atoms with Crippen LogP contribution in [-0.4, -0.2) is 43.5 Å². The Morgan fingerprint density at radius 3 is 2.30 bits per heavy atom. The first-order chi connectivity index (χ1) is 14.4. The van der Waals surface area contributed by atoms with Crippen molar-refractivity contribution in [2.45, 2.75) is 34.6 Å². The molecule has 158 valence electrons. The average molecular weight is 406 g/mol. The predicted octanol–water partition coefficient (Wildman–Crippen LogP) is 5.06. The number of nitrogens with zero attached hydrogens (tertiary/aromatic N) is 2. The highest BCUT2D eigenvalue weighted by molar-refractivity contribution is 6.07. The van der Waals surface area contributed by atoms with Gasteiger partial charge in [0.05, 0.1) is 0 Å². The van der Waals surface area contributed by atoms with Crippen LogP contribution in [0.15, 0.2) is 34.7 Å². The van der Waals surface area contributed by atoms with Gasteiger partial charge < -0.3 is 19.5 Å². The summed E-state index contributed by atoms with van der Waals surface area (Å²) < 4.78 is 6.00. The lowest BCUT2D eigenvalue weighted by molar-refractivity contribution is 0.0998. The highest BCUT2D eigenvalue weighted by Crippen LogP contribution is 2.31. The number of hydrogen-bond donors (Lipinski definition) is 1. The standard InChI is InChI=1S/C25H31N3O2/c1-6-27-11-13-28(14-12-27)20-9-10-21(18(4)15-20)26-25(29)24-19(5)22-16(2)7-8-17(3)23(22)30-24/h7-10,15H,6,11-14H2,1-5H3,(H,26,29). The second kappa shape index (κ2) is 8.15. The number of aryl methyl sites for hydroxylation is 4. The van der Waals surface area contributed by atoms with E-state index < -0.39 is 0 Å². The number of fused-ring (bicyclic) bond motifs is 1. The van der Waals surface area contributed by atoms with E-state index in [2.05, 4.69) is 47.2 Å². The number of nitrogens with one attached hydrogen (secondary N) is 1. The summed E-state index contributed by atoms with van der Waals surface area (Å²) in [5.74, 6) is 0.191. The minimum Gasteiger partial charge on any atom is -0.450 e. The molecule has 4 rings (SSSR count).